The van der Waals surface area contributed by atoms with Crippen molar-refractivity contribution in [3.05, 3.63) is 36.2 Å². The molecular formula is C11H14N2. The molecule has 0 radical (unpaired) electrons. The van der Waals surface area contributed by atoms with Crippen LogP contribution in [0.2, 0.25) is 0 Å². The lowest BCUT2D eigenvalue weighted by Crippen LogP contribution is -2.42. The van der Waals surface area contributed by atoms with Crippen LogP contribution in [0.5, 0.6) is 0 Å². The summed E-state index contributed by atoms with van der Waals surface area (Å²) in [6.45, 7) is 1.19. The maximum absolute atomic E-state index is 4.05. The summed E-state index contributed by atoms with van der Waals surface area (Å²) in [7, 11) is 0. The minimum atomic E-state index is 0.716. The van der Waals surface area contributed by atoms with Gasteiger partial charge in [-0.2, -0.15) is 0 Å². The molecule has 2 nitrogen and oxygen atoms in total. The minimum absolute atomic E-state index is 0.716. The second kappa shape index (κ2) is 4.19. The quantitative estimate of drug-likeness (QED) is 0.756. The summed E-state index contributed by atoms with van der Waals surface area (Å²) >= 11 is 0. The summed E-state index contributed by atoms with van der Waals surface area (Å²) in [4.78, 5) is 4.05. The molecule has 0 aromatic carbocycles. The highest BCUT2D eigenvalue weighted by Crippen LogP contribution is 2.08. The number of hydrogen-bond acceptors (Lipinski definition) is 2. The van der Waals surface area contributed by atoms with Crippen molar-refractivity contribution in [2.45, 2.75) is 18.9 Å². The fraction of sp³-hybridized carbons (Fsp3) is 0.364. The molecule has 2 heterocycles. The van der Waals surface area contributed by atoms with Crippen molar-refractivity contribution in [3.63, 3.8) is 0 Å². The second-order valence-corrected chi connectivity index (χ2v) is 3.36. The Labute approximate surface area is 78.7 Å². The Morgan fingerprint density at radius 2 is 2.54 bits per heavy atom. The van der Waals surface area contributed by atoms with E-state index >= 15 is 0 Å². The third-order valence-corrected chi connectivity index (χ3v) is 2.34. The molecule has 13 heavy (non-hydrogen) atoms. The van der Waals surface area contributed by atoms with Gasteiger partial charge in [-0.3, -0.25) is 4.98 Å². The highest BCUT2D eigenvalue weighted by atomic mass is 15.0. The maximum Gasteiger partial charge on any atom is 0.0340 e. The van der Waals surface area contributed by atoms with Crippen LogP contribution in [0, 0.1) is 0 Å². The summed E-state index contributed by atoms with van der Waals surface area (Å²) in [6, 6.07) is 4.74. The fourth-order valence-electron chi connectivity index (χ4n) is 1.39. The molecule has 0 spiro atoms. The van der Waals surface area contributed by atoms with Crippen molar-refractivity contribution in [2.75, 3.05) is 6.54 Å². The van der Waals surface area contributed by atoms with Gasteiger partial charge in [0.15, 0.2) is 0 Å². The van der Waals surface area contributed by atoms with Gasteiger partial charge in [-0.25, -0.2) is 0 Å². The molecule has 0 aliphatic carbocycles. The summed E-state index contributed by atoms with van der Waals surface area (Å²) < 4.78 is 0. The first-order valence-corrected chi connectivity index (χ1v) is 4.75. The summed E-state index contributed by atoms with van der Waals surface area (Å²) in [5.41, 5.74) is 1.18. The van der Waals surface area contributed by atoms with Crippen molar-refractivity contribution in [2.24, 2.45) is 0 Å². The van der Waals surface area contributed by atoms with Crippen molar-refractivity contribution in [1.29, 1.82) is 0 Å². The van der Waals surface area contributed by atoms with E-state index in [1.807, 2.05) is 12.3 Å². The zero-order valence-electron chi connectivity index (χ0n) is 7.61. The SMILES string of the molecule is C(=Cc1cccnc1)CC1CCN1. The van der Waals surface area contributed by atoms with E-state index in [4.69, 9.17) is 0 Å². The number of nitrogens with one attached hydrogen (secondary N) is 1. The van der Waals surface area contributed by atoms with Crippen LogP contribution in [0.3, 0.4) is 0 Å². The standard InChI is InChI=1S/C11H14N2/c1(5-11-6-8-13-11)3-10-4-2-7-12-9-10/h1-4,7,9,11,13H,5-6,8H2. The highest BCUT2D eigenvalue weighted by Gasteiger charge is 2.13. The first-order chi connectivity index (χ1) is 6.45. The van der Waals surface area contributed by atoms with Gasteiger partial charge >= 0.3 is 0 Å². The lowest BCUT2D eigenvalue weighted by molar-refractivity contribution is 0.374. The van der Waals surface area contributed by atoms with E-state index in [9.17, 15) is 0 Å². The molecular weight excluding hydrogens is 160 g/mol. The van der Waals surface area contributed by atoms with E-state index in [2.05, 4.69) is 28.5 Å². The molecule has 1 aromatic rings. The van der Waals surface area contributed by atoms with Crippen molar-refractivity contribution in [1.82, 2.24) is 10.3 Å². The Morgan fingerprint density at radius 3 is 3.15 bits per heavy atom. The van der Waals surface area contributed by atoms with Crippen LogP contribution in [0.25, 0.3) is 6.08 Å². The van der Waals surface area contributed by atoms with Gasteiger partial charge in [0.2, 0.25) is 0 Å². The second-order valence-electron chi connectivity index (χ2n) is 3.36. The average molecular weight is 174 g/mol. The summed E-state index contributed by atoms with van der Waals surface area (Å²) in [5.74, 6) is 0. The van der Waals surface area contributed by atoms with Crippen molar-refractivity contribution < 1.29 is 0 Å². The zero-order valence-corrected chi connectivity index (χ0v) is 7.61. The number of pyridine rings is 1. The van der Waals surface area contributed by atoms with Gasteiger partial charge in [0.05, 0.1) is 0 Å². The van der Waals surface area contributed by atoms with E-state index in [0.717, 1.165) is 6.42 Å². The molecule has 1 saturated heterocycles. The van der Waals surface area contributed by atoms with E-state index in [0.29, 0.717) is 6.04 Å². The van der Waals surface area contributed by atoms with Gasteiger partial charge in [0, 0.05) is 18.4 Å². The molecule has 2 heteroatoms. The van der Waals surface area contributed by atoms with Crippen LogP contribution in [0.1, 0.15) is 18.4 Å². The molecule has 0 saturated carbocycles. The number of aromatic nitrogens is 1. The Morgan fingerprint density at radius 1 is 1.62 bits per heavy atom. The third kappa shape index (κ3) is 2.39. The van der Waals surface area contributed by atoms with Gasteiger partial charge in [-0.15, -0.1) is 0 Å². The lowest BCUT2D eigenvalue weighted by atomic mass is 10.0. The lowest BCUT2D eigenvalue weighted by Gasteiger charge is -2.26. The topological polar surface area (TPSA) is 24.9 Å². The number of nitrogens with zero attached hydrogens (tertiary/aromatic N) is 1. The molecule has 1 atom stereocenters. The molecule has 1 aliphatic rings. The normalized spacial score (nSPS) is 21.7. The van der Waals surface area contributed by atoms with Gasteiger partial charge in [-0.05, 0) is 31.0 Å². The third-order valence-electron chi connectivity index (χ3n) is 2.34. The highest BCUT2D eigenvalue weighted by molar-refractivity contribution is 5.47. The van der Waals surface area contributed by atoms with E-state index < -0.39 is 0 Å². The molecule has 1 fully saturated rings. The van der Waals surface area contributed by atoms with Gasteiger partial charge in [-0.1, -0.05) is 18.2 Å². The molecule has 2 rings (SSSR count). The summed E-state index contributed by atoms with van der Waals surface area (Å²) in [5, 5.41) is 3.36. The summed E-state index contributed by atoms with van der Waals surface area (Å²) in [6.07, 6.45) is 10.5. The van der Waals surface area contributed by atoms with Crippen molar-refractivity contribution >= 4 is 6.08 Å². The molecule has 0 amide bonds. The number of hydrogen-bond donors (Lipinski definition) is 1. The first-order valence-electron chi connectivity index (χ1n) is 4.75. The Bertz CT molecular complexity index is 275. The van der Waals surface area contributed by atoms with Crippen LogP contribution < -0.4 is 5.32 Å². The largest absolute Gasteiger partial charge is 0.314 e. The average Bonchev–Trinajstić information content (AvgIpc) is 2.11. The Balaban J connectivity index is 1.83. The van der Waals surface area contributed by atoms with Gasteiger partial charge in [0.1, 0.15) is 0 Å². The first kappa shape index (κ1) is 8.45. The van der Waals surface area contributed by atoms with E-state index in [1.165, 1.54) is 18.5 Å². The monoisotopic (exact) mass is 174 g/mol. The Hall–Kier alpha value is -1.15. The van der Waals surface area contributed by atoms with E-state index in [1.54, 1.807) is 6.20 Å². The van der Waals surface area contributed by atoms with Crippen LogP contribution in [-0.2, 0) is 0 Å². The molecule has 1 aliphatic heterocycles. The van der Waals surface area contributed by atoms with Crippen LogP contribution in [0.15, 0.2) is 30.6 Å². The molecule has 1 N–H and O–H groups in total. The number of rotatable bonds is 3. The van der Waals surface area contributed by atoms with Gasteiger partial charge < -0.3 is 5.32 Å². The molecule has 1 unspecified atom stereocenters. The van der Waals surface area contributed by atoms with E-state index in [-0.39, 0.29) is 0 Å². The minimum Gasteiger partial charge on any atom is -0.314 e. The Kier molecular flexibility index (Phi) is 2.72. The molecule has 1 aromatic heterocycles. The maximum atomic E-state index is 4.05. The molecule has 68 valence electrons. The van der Waals surface area contributed by atoms with Crippen molar-refractivity contribution in [3.8, 4) is 0 Å². The van der Waals surface area contributed by atoms with Crippen LogP contribution in [0.4, 0.5) is 0 Å². The fourth-order valence-corrected chi connectivity index (χ4v) is 1.39. The smallest absolute Gasteiger partial charge is 0.0340 e. The zero-order chi connectivity index (χ0) is 8.93. The predicted octanol–water partition coefficient (Wildman–Crippen LogP) is 1.85. The van der Waals surface area contributed by atoms with Gasteiger partial charge in [0.25, 0.3) is 0 Å². The van der Waals surface area contributed by atoms with Crippen LogP contribution >= 0.6 is 0 Å². The molecule has 0 bridgehead atoms. The predicted molar refractivity (Wildman–Crippen MR) is 54.3 cm³/mol. The van der Waals surface area contributed by atoms with Crippen LogP contribution in [-0.4, -0.2) is 17.6 Å².